The minimum Gasteiger partial charge on any atom is -0.324 e. The van der Waals surface area contributed by atoms with Crippen LogP contribution in [0.3, 0.4) is 0 Å². The van der Waals surface area contributed by atoms with Gasteiger partial charge in [-0.2, -0.15) is 5.10 Å². The molecule has 4 heteroatoms. The second-order valence-corrected chi connectivity index (χ2v) is 4.40. The molecule has 1 aromatic carbocycles. The van der Waals surface area contributed by atoms with Crippen LogP contribution in [0.5, 0.6) is 0 Å². The van der Waals surface area contributed by atoms with Crippen molar-refractivity contribution in [3.63, 3.8) is 0 Å². The summed E-state index contributed by atoms with van der Waals surface area (Å²) in [4.78, 5) is 0. The van der Waals surface area contributed by atoms with Gasteiger partial charge < -0.3 is 5.73 Å². The van der Waals surface area contributed by atoms with Crippen molar-refractivity contribution >= 4 is 15.9 Å². The van der Waals surface area contributed by atoms with E-state index in [1.807, 2.05) is 42.1 Å². The summed E-state index contributed by atoms with van der Waals surface area (Å²) in [6, 6.07) is 8.00. The Morgan fingerprint density at radius 1 is 1.33 bits per heavy atom. The largest absolute Gasteiger partial charge is 0.324 e. The number of nitrogens with zero attached hydrogens (tertiary/aromatic N) is 2. The highest BCUT2D eigenvalue weighted by atomic mass is 79.9. The highest BCUT2D eigenvalue weighted by molar-refractivity contribution is 9.10. The van der Waals surface area contributed by atoms with Crippen molar-refractivity contribution in [2.24, 2.45) is 5.73 Å². The predicted octanol–water partition coefficient (Wildman–Crippen LogP) is 2.65. The topological polar surface area (TPSA) is 43.8 Å². The van der Waals surface area contributed by atoms with E-state index in [1.165, 1.54) is 0 Å². The zero-order valence-corrected chi connectivity index (χ0v) is 9.98. The summed E-state index contributed by atoms with van der Waals surface area (Å²) in [5, 5.41) is 4.26. The van der Waals surface area contributed by atoms with Crippen molar-refractivity contribution in [1.29, 1.82) is 0 Å². The first kappa shape index (κ1) is 10.4. The van der Waals surface area contributed by atoms with Gasteiger partial charge in [-0.1, -0.05) is 15.9 Å². The van der Waals surface area contributed by atoms with Crippen molar-refractivity contribution in [2.75, 3.05) is 0 Å². The first-order chi connectivity index (χ1) is 7.16. The number of hydrogen-bond donors (Lipinski definition) is 1. The molecule has 1 heterocycles. The Balaban J connectivity index is 2.33. The van der Waals surface area contributed by atoms with E-state index in [1.54, 1.807) is 6.20 Å². The Hall–Kier alpha value is -1.13. The summed E-state index contributed by atoms with van der Waals surface area (Å²) in [5.74, 6) is 0. The predicted molar refractivity (Wildman–Crippen MR) is 63.9 cm³/mol. The molecule has 1 atom stereocenters. The zero-order chi connectivity index (χ0) is 10.8. The molecule has 0 aliphatic rings. The highest BCUT2D eigenvalue weighted by Gasteiger charge is 2.03. The van der Waals surface area contributed by atoms with Gasteiger partial charge in [0.15, 0.2) is 0 Å². The summed E-state index contributed by atoms with van der Waals surface area (Å²) >= 11 is 3.40. The summed E-state index contributed by atoms with van der Waals surface area (Å²) in [5.41, 5.74) is 7.84. The van der Waals surface area contributed by atoms with Crippen LogP contribution in [-0.2, 0) is 0 Å². The van der Waals surface area contributed by atoms with E-state index >= 15 is 0 Å². The molecule has 2 rings (SSSR count). The lowest BCUT2D eigenvalue weighted by Gasteiger charge is -2.01. The Bertz CT molecular complexity index is 445. The first-order valence-electron chi connectivity index (χ1n) is 4.73. The number of benzene rings is 1. The van der Waals surface area contributed by atoms with Gasteiger partial charge in [0.2, 0.25) is 0 Å². The van der Waals surface area contributed by atoms with Gasteiger partial charge in [-0.05, 0) is 31.2 Å². The van der Waals surface area contributed by atoms with Crippen LogP contribution in [0.25, 0.3) is 5.69 Å². The van der Waals surface area contributed by atoms with E-state index in [0.29, 0.717) is 0 Å². The maximum Gasteiger partial charge on any atom is 0.0646 e. The molecule has 1 aromatic heterocycles. The molecule has 2 aromatic rings. The Morgan fingerprint density at radius 2 is 2.00 bits per heavy atom. The molecule has 0 saturated heterocycles. The number of aromatic nitrogens is 2. The molecule has 0 bridgehead atoms. The van der Waals surface area contributed by atoms with Crippen LogP contribution in [0, 0.1) is 0 Å². The van der Waals surface area contributed by atoms with E-state index in [0.717, 1.165) is 15.7 Å². The third-order valence-corrected chi connectivity index (χ3v) is 2.75. The van der Waals surface area contributed by atoms with Gasteiger partial charge in [-0.15, -0.1) is 0 Å². The van der Waals surface area contributed by atoms with E-state index in [2.05, 4.69) is 21.0 Å². The number of nitrogens with two attached hydrogens (primary N) is 1. The standard InChI is InChI=1S/C11H12BrN3/c1-8(13)9-6-14-15(7-9)11-4-2-10(12)3-5-11/h2-8H,13H2,1H3. The molecule has 1 unspecified atom stereocenters. The van der Waals surface area contributed by atoms with Crippen molar-refractivity contribution in [3.05, 3.63) is 46.7 Å². The van der Waals surface area contributed by atoms with E-state index in [4.69, 9.17) is 5.73 Å². The molecule has 3 nitrogen and oxygen atoms in total. The molecule has 15 heavy (non-hydrogen) atoms. The van der Waals surface area contributed by atoms with Crippen LogP contribution in [0.1, 0.15) is 18.5 Å². The van der Waals surface area contributed by atoms with Gasteiger partial charge in [0.05, 0.1) is 11.9 Å². The van der Waals surface area contributed by atoms with E-state index in [9.17, 15) is 0 Å². The van der Waals surface area contributed by atoms with Gasteiger partial charge in [-0.25, -0.2) is 4.68 Å². The molecule has 0 aliphatic carbocycles. The molecule has 2 N–H and O–H groups in total. The fourth-order valence-electron chi connectivity index (χ4n) is 1.31. The molecule has 0 aliphatic heterocycles. The minimum atomic E-state index is 0.0224. The second-order valence-electron chi connectivity index (χ2n) is 3.48. The van der Waals surface area contributed by atoms with E-state index in [-0.39, 0.29) is 6.04 Å². The molecule has 0 fully saturated rings. The summed E-state index contributed by atoms with van der Waals surface area (Å²) < 4.78 is 2.89. The summed E-state index contributed by atoms with van der Waals surface area (Å²) in [6.07, 6.45) is 3.75. The molecule has 0 amide bonds. The lowest BCUT2D eigenvalue weighted by molar-refractivity contribution is 0.816. The molecule has 78 valence electrons. The highest BCUT2D eigenvalue weighted by Crippen LogP contribution is 2.15. The monoisotopic (exact) mass is 265 g/mol. The molecular weight excluding hydrogens is 254 g/mol. The number of rotatable bonds is 2. The molecular formula is C11H12BrN3. The quantitative estimate of drug-likeness (QED) is 0.908. The zero-order valence-electron chi connectivity index (χ0n) is 8.39. The van der Waals surface area contributed by atoms with Crippen LogP contribution in [0.2, 0.25) is 0 Å². The summed E-state index contributed by atoms with van der Waals surface area (Å²) in [7, 11) is 0. The Kier molecular flexibility index (Phi) is 2.88. The molecule has 0 saturated carbocycles. The maximum atomic E-state index is 5.77. The van der Waals surface area contributed by atoms with Crippen molar-refractivity contribution < 1.29 is 0 Å². The molecule has 0 radical (unpaired) electrons. The van der Waals surface area contributed by atoms with Crippen LogP contribution >= 0.6 is 15.9 Å². The van der Waals surface area contributed by atoms with Gasteiger partial charge >= 0.3 is 0 Å². The van der Waals surface area contributed by atoms with Crippen molar-refractivity contribution in [2.45, 2.75) is 13.0 Å². The van der Waals surface area contributed by atoms with Crippen LogP contribution in [0.4, 0.5) is 0 Å². The number of hydrogen-bond acceptors (Lipinski definition) is 2. The average molecular weight is 266 g/mol. The smallest absolute Gasteiger partial charge is 0.0646 e. The van der Waals surface area contributed by atoms with Gasteiger partial charge in [0.25, 0.3) is 0 Å². The number of halogens is 1. The summed E-state index contributed by atoms with van der Waals surface area (Å²) in [6.45, 7) is 1.95. The average Bonchev–Trinajstić information content (AvgIpc) is 2.68. The van der Waals surface area contributed by atoms with Gasteiger partial charge in [-0.3, -0.25) is 0 Å². The Labute approximate surface area is 97.0 Å². The Morgan fingerprint density at radius 3 is 2.53 bits per heavy atom. The van der Waals surface area contributed by atoms with Crippen LogP contribution < -0.4 is 5.73 Å². The fourth-order valence-corrected chi connectivity index (χ4v) is 1.57. The van der Waals surface area contributed by atoms with Crippen LogP contribution in [0.15, 0.2) is 41.1 Å². The maximum absolute atomic E-state index is 5.77. The minimum absolute atomic E-state index is 0.0224. The second kappa shape index (κ2) is 4.16. The lowest BCUT2D eigenvalue weighted by Crippen LogP contribution is -2.03. The van der Waals surface area contributed by atoms with Gasteiger partial charge in [0, 0.05) is 22.3 Å². The third-order valence-electron chi connectivity index (χ3n) is 2.22. The van der Waals surface area contributed by atoms with Crippen molar-refractivity contribution in [3.8, 4) is 5.69 Å². The van der Waals surface area contributed by atoms with E-state index < -0.39 is 0 Å². The SMILES string of the molecule is CC(N)c1cnn(-c2ccc(Br)cc2)c1. The third kappa shape index (κ3) is 2.27. The normalized spacial score (nSPS) is 12.7. The fraction of sp³-hybridized carbons (Fsp3) is 0.182. The first-order valence-corrected chi connectivity index (χ1v) is 5.52. The van der Waals surface area contributed by atoms with Crippen molar-refractivity contribution in [1.82, 2.24) is 9.78 Å². The van der Waals surface area contributed by atoms with Gasteiger partial charge in [0.1, 0.15) is 0 Å². The molecule has 0 spiro atoms. The lowest BCUT2D eigenvalue weighted by atomic mass is 10.2. The van der Waals surface area contributed by atoms with Crippen LogP contribution in [-0.4, -0.2) is 9.78 Å².